The van der Waals surface area contributed by atoms with Crippen molar-refractivity contribution in [3.05, 3.63) is 33.8 Å². The van der Waals surface area contributed by atoms with Crippen molar-refractivity contribution < 1.29 is 4.92 Å². The summed E-state index contributed by atoms with van der Waals surface area (Å²) in [6.07, 6.45) is 3.27. The third kappa shape index (κ3) is 2.33. The number of fused-ring (bicyclic) bond motifs is 1. The van der Waals surface area contributed by atoms with E-state index < -0.39 is 4.92 Å². The van der Waals surface area contributed by atoms with Crippen LogP contribution in [-0.4, -0.2) is 29.1 Å². The van der Waals surface area contributed by atoms with Crippen LogP contribution in [0.5, 0.6) is 0 Å². The first-order chi connectivity index (χ1) is 10.1. The standard InChI is InChI=1S/C11H13N7O2S/c1-7(2)17-6-13-15-8(17)5-12-9-10(18(19)20)16-3-4-21-11(16)14-9/h3-4,6-7,12H,5H2,1-2H3. The zero-order valence-electron chi connectivity index (χ0n) is 11.4. The largest absolute Gasteiger partial charge is 0.372 e. The van der Waals surface area contributed by atoms with Gasteiger partial charge in [0.25, 0.3) is 4.96 Å². The van der Waals surface area contributed by atoms with Crippen LogP contribution in [0, 0.1) is 10.1 Å². The van der Waals surface area contributed by atoms with Crippen LogP contribution in [0.2, 0.25) is 0 Å². The minimum Gasteiger partial charge on any atom is -0.358 e. The molecule has 0 unspecified atom stereocenters. The number of nitro groups is 1. The maximum Gasteiger partial charge on any atom is 0.372 e. The van der Waals surface area contributed by atoms with Gasteiger partial charge in [-0.25, -0.2) is 0 Å². The summed E-state index contributed by atoms with van der Waals surface area (Å²) >= 11 is 1.35. The highest BCUT2D eigenvalue weighted by molar-refractivity contribution is 7.15. The molecule has 0 saturated heterocycles. The van der Waals surface area contributed by atoms with Gasteiger partial charge in [0.1, 0.15) is 12.5 Å². The van der Waals surface area contributed by atoms with E-state index in [1.54, 1.807) is 17.9 Å². The van der Waals surface area contributed by atoms with E-state index in [1.165, 1.54) is 15.7 Å². The molecule has 3 aromatic heterocycles. The first kappa shape index (κ1) is 13.5. The van der Waals surface area contributed by atoms with Gasteiger partial charge in [-0.1, -0.05) is 11.3 Å². The summed E-state index contributed by atoms with van der Waals surface area (Å²) in [5, 5.41) is 23.8. The second-order valence-corrected chi connectivity index (χ2v) is 5.57. The molecule has 0 saturated carbocycles. The van der Waals surface area contributed by atoms with Gasteiger partial charge in [-0.3, -0.25) is 0 Å². The van der Waals surface area contributed by atoms with Crippen molar-refractivity contribution in [3.63, 3.8) is 0 Å². The summed E-state index contributed by atoms with van der Waals surface area (Å²) in [5.41, 5.74) is 0. The molecule has 0 aliphatic rings. The zero-order valence-corrected chi connectivity index (χ0v) is 12.2. The average Bonchev–Trinajstić information content (AvgIpc) is 3.10. The zero-order chi connectivity index (χ0) is 15.0. The fraction of sp³-hybridized carbons (Fsp3) is 0.364. The SMILES string of the molecule is CC(C)n1cnnc1CNc1nc2sccn2c1[N+](=O)[O-]. The number of nitrogens with zero attached hydrogens (tertiary/aromatic N) is 6. The molecule has 21 heavy (non-hydrogen) atoms. The van der Waals surface area contributed by atoms with Crippen LogP contribution in [0.15, 0.2) is 17.9 Å². The number of rotatable bonds is 5. The van der Waals surface area contributed by atoms with E-state index >= 15 is 0 Å². The molecule has 0 aromatic carbocycles. The molecule has 10 heteroatoms. The number of anilines is 1. The van der Waals surface area contributed by atoms with Crippen molar-refractivity contribution in [2.45, 2.75) is 26.4 Å². The third-order valence-corrected chi connectivity index (χ3v) is 3.78. The van der Waals surface area contributed by atoms with Gasteiger partial charge in [-0.2, -0.15) is 9.38 Å². The molecule has 3 aromatic rings. The van der Waals surface area contributed by atoms with E-state index in [-0.39, 0.29) is 17.7 Å². The summed E-state index contributed by atoms with van der Waals surface area (Å²) in [4.78, 5) is 15.6. The second kappa shape index (κ2) is 5.13. The molecule has 9 nitrogen and oxygen atoms in total. The normalized spacial score (nSPS) is 11.4. The Morgan fingerprint density at radius 3 is 3.05 bits per heavy atom. The lowest BCUT2D eigenvalue weighted by Gasteiger charge is -2.10. The van der Waals surface area contributed by atoms with E-state index in [0.717, 1.165) is 0 Å². The third-order valence-electron chi connectivity index (χ3n) is 3.03. The Labute approximate surface area is 123 Å². The van der Waals surface area contributed by atoms with Crippen LogP contribution in [0.1, 0.15) is 25.7 Å². The van der Waals surface area contributed by atoms with Gasteiger partial charge in [0.15, 0.2) is 5.82 Å². The number of hydrogen-bond acceptors (Lipinski definition) is 7. The predicted molar refractivity (Wildman–Crippen MR) is 77.5 cm³/mol. The van der Waals surface area contributed by atoms with E-state index in [0.29, 0.717) is 17.3 Å². The van der Waals surface area contributed by atoms with E-state index in [4.69, 9.17) is 0 Å². The van der Waals surface area contributed by atoms with Crippen molar-refractivity contribution in [3.8, 4) is 0 Å². The van der Waals surface area contributed by atoms with Gasteiger partial charge in [-0.05, 0) is 18.8 Å². The van der Waals surface area contributed by atoms with Gasteiger partial charge in [0, 0.05) is 11.4 Å². The first-order valence-corrected chi connectivity index (χ1v) is 7.18. The highest BCUT2D eigenvalue weighted by atomic mass is 32.1. The Hall–Kier alpha value is -2.49. The average molecular weight is 307 g/mol. The Morgan fingerprint density at radius 2 is 2.33 bits per heavy atom. The number of hydrogen-bond donors (Lipinski definition) is 1. The van der Waals surface area contributed by atoms with Crippen molar-refractivity contribution in [2.24, 2.45) is 0 Å². The van der Waals surface area contributed by atoms with E-state index in [1.807, 2.05) is 18.4 Å². The molecule has 3 heterocycles. The Balaban J connectivity index is 1.88. The van der Waals surface area contributed by atoms with Gasteiger partial charge in [0.2, 0.25) is 5.82 Å². The van der Waals surface area contributed by atoms with Crippen molar-refractivity contribution in [2.75, 3.05) is 5.32 Å². The summed E-state index contributed by atoms with van der Waals surface area (Å²) in [6, 6.07) is 0.220. The minimum absolute atomic E-state index is 0.0677. The highest BCUT2D eigenvalue weighted by Gasteiger charge is 2.23. The molecule has 3 rings (SSSR count). The Kier molecular flexibility index (Phi) is 3.29. The van der Waals surface area contributed by atoms with Crippen LogP contribution in [0.4, 0.5) is 11.6 Å². The van der Waals surface area contributed by atoms with Gasteiger partial charge >= 0.3 is 5.82 Å². The Bertz CT molecular complexity index is 788. The van der Waals surface area contributed by atoms with Crippen molar-refractivity contribution >= 4 is 27.9 Å². The molecule has 0 aliphatic carbocycles. The minimum atomic E-state index is -0.442. The quantitative estimate of drug-likeness (QED) is 0.572. The fourth-order valence-electron chi connectivity index (χ4n) is 2.05. The second-order valence-electron chi connectivity index (χ2n) is 4.70. The molecule has 1 N–H and O–H groups in total. The molecule has 0 amide bonds. The molecule has 0 radical (unpaired) electrons. The van der Waals surface area contributed by atoms with Gasteiger partial charge < -0.3 is 20.0 Å². The molecule has 0 bridgehead atoms. The van der Waals surface area contributed by atoms with Crippen LogP contribution in [-0.2, 0) is 6.54 Å². The monoisotopic (exact) mass is 307 g/mol. The predicted octanol–water partition coefficient (Wildman–Crippen LogP) is 2.09. The Morgan fingerprint density at radius 1 is 1.52 bits per heavy atom. The molecule has 0 atom stereocenters. The highest BCUT2D eigenvalue weighted by Crippen LogP contribution is 2.28. The van der Waals surface area contributed by atoms with Crippen LogP contribution in [0.3, 0.4) is 0 Å². The van der Waals surface area contributed by atoms with Gasteiger partial charge in [-0.15, -0.1) is 10.2 Å². The lowest BCUT2D eigenvalue weighted by atomic mass is 10.4. The van der Waals surface area contributed by atoms with Crippen LogP contribution in [0.25, 0.3) is 4.96 Å². The molecule has 0 spiro atoms. The summed E-state index contributed by atoms with van der Waals surface area (Å²) in [7, 11) is 0. The van der Waals surface area contributed by atoms with E-state index in [9.17, 15) is 10.1 Å². The van der Waals surface area contributed by atoms with E-state index in [2.05, 4.69) is 20.5 Å². The molecular formula is C11H13N7O2S. The molecule has 0 fully saturated rings. The molecule has 110 valence electrons. The molecule has 0 aliphatic heterocycles. The fourth-order valence-corrected chi connectivity index (χ4v) is 2.76. The summed E-state index contributed by atoms with van der Waals surface area (Å²) < 4.78 is 3.36. The van der Waals surface area contributed by atoms with Crippen molar-refractivity contribution in [1.82, 2.24) is 24.1 Å². The molecular weight excluding hydrogens is 294 g/mol. The smallest absolute Gasteiger partial charge is 0.358 e. The number of aromatic nitrogens is 5. The topological polar surface area (TPSA) is 103 Å². The van der Waals surface area contributed by atoms with Crippen LogP contribution < -0.4 is 5.32 Å². The summed E-state index contributed by atoms with van der Waals surface area (Å²) in [6.45, 7) is 4.35. The number of thiazole rings is 1. The number of nitrogens with one attached hydrogen (secondary N) is 1. The maximum absolute atomic E-state index is 11.2. The summed E-state index contributed by atoms with van der Waals surface area (Å²) in [5.74, 6) is 0.877. The first-order valence-electron chi connectivity index (χ1n) is 6.30. The van der Waals surface area contributed by atoms with Crippen molar-refractivity contribution in [1.29, 1.82) is 0 Å². The van der Waals surface area contributed by atoms with Gasteiger partial charge in [0.05, 0.1) is 6.54 Å². The maximum atomic E-state index is 11.2. The lowest BCUT2D eigenvalue weighted by Crippen LogP contribution is -2.11. The lowest BCUT2D eigenvalue weighted by molar-refractivity contribution is -0.389. The van der Waals surface area contributed by atoms with Crippen LogP contribution >= 0.6 is 11.3 Å². The number of imidazole rings is 1.